The molecule has 1 saturated carbocycles. The van der Waals surface area contributed by atoms with Gasteiger partial charge in [0.1, 0.15) is 29.8 Å². The Bertz CT molecular complexity index is 2030. The molecule has 0 aromatic heterocycles. The standard InChI is InChI=1S/C46H67N7O10S/c1-31(2)26-36(49-40(55)37(27-32-14-8-6-9-15-32)50-41(56)38(51-43(58)59)28-33-16-10-7-11-17-33)39(54)48-35(18-12-13-23-47-44(60)63-45(3,4)5)42(57)52-24-21-46(22-25-52)29-53(30-46)64(61,62)34-19-20-34/h6-11,14-17,31,34-38,51H,12-13,18-30H2,1-5H3,(H,47,60)(H,48,54)(H,49,55)(H,50,56)(H,58,59)/t35-,36-,37-,38-/m1/s1. The van der Waals surface area contributed by atoms with Gasteiger partial charge in [0.05, 0.1) is 5.25 Å². The summed E-state index contributed by atoms with van der Waals surface area (Å²) in [6.45, 7) is 11.1. The fourth-order valence-corrected chi connectivity index (χ4v) is 10.3. The number of carboxylic acid groups (broad SMARTS) is 1. The number of alkyl carbamates (subject to hydrolysis) is 1. The summed E-state index contributed by atoms with van der Waals surface area (Å²) in [6.07, 6.45) is 2.15. The summed E-state index contributed by atoms with van der Waals surface area (Å²) in [5, 5.41) is 22.8. The van der Waals surface area contributed by atoms with Crippen LogP contribution in [0.1, 0.15) is 97.1 Å². The number of sulfonamides is 1. The van der Waals surface area contributed by atoms with E-state index in [0.29, 0.717) is 75.8 Å². The highest BCUT2D eigenvalue weighted by Gasteiger charge is 2.53. The summed E-state index contributed by atoms with van der Waals surface area (Å²) < 4.78 is 32.5. The maximum absolute atomic E-state index is 14.3. The van der Waals surface area contributed by atoms with E-state index in [4.69, 9.17) is 4.74 Å². The Labute approximate surface area is 377 Å². The Morgan fingerprint density at radius 3 is 1.75 bits per heavy atom. The van der Waals surface area contributed by atoms with Gasteiger partial charge in [0.2, 0.25) is 33.7 Å². The minimum atomic E-state index is -3.27. The molecule has 1 aliphatic carbocycles. The first-order valence-electron chi connectivity index (χ1n) is 22.5. The van der Waals surface area contributed by atoms with Crippen molar-refractivity contribution in [2.75, 3.05) is 32.7 Å². The van der Waals surface area contributed by atoms with Crippen molar-refractivity contribution in [2.45, 2.75) is 134 Å². The number of amides is 6. The SMILES string of the molecule is CC(C)C[C@@H](NC(=O)[C@@H](Cc1ccccc1)NC(=O)[C@@H](Cc1ccccc1)NC(=O)O)C(=O)N[C@H](CCCCNC(=O)OC(C)(C)C)C(=O)N1CCC2(CC1)CN(S(=O)(=O)C1CC1)C2. The van der Waals surface area contributed by atoms with E-state index in [9.17, 15) is 42.3 Å². The Balaban J connectivity index is 1.29. The maximum Gasteiger partial charge on any atom is 0.407 e. The molecule has 3 aliphatic rings. The molecule has 2 aromatic carbocycles. The average Bonchev–Trinajstić information content (AvgIpc) is 4.08. The third-order valence-corrected chi connectivity index (χ3v) is 14.1. The molecule has 352 valence electrons. The zero-order valence-electron chi connectivity index (χ0n) is 37.8. The number of benzene rings is 2. The fraction of sp³-hybridized carbons (Fsp3) is 0.609. The van der Waals surface area contributed by atoms with E-state index < -0.39 is 69.7 Å². The number of nitrogens with zero attached hydrogens (tertiary/aromatic N) is 2. The zero-order valence-corrected chi connectivity index (χ0v) is 38.6. The van der Waals surface area contributed by atoms with Crippen molar-refractivity contribution in [2.24, 2.45) is 11.3 Å². The normalized spacial score (nSPS) is 18.1. The summed E-state index contributed by atoms with van der Waals surface area (Å²) in [7, 11) is -3.27. The van der Waals surface area contributed by atoms with Gasteiger partial charge in [-0.15, -0.1) is 0 Å². The molecule has 2 aromatic rings. The van der Waals surface area contributed by atoms with Gasteiger partial charge in [-0.3, -0.25) is 19.2 Å². The Morgan fingerprint density at radius 1 is 0.750 bits per heavy atom. The summed E-state index contributed by atoms with van der Waals surface area (Å²) in [5.74, 6) is -2.33. The molecule has 5 rings (SSSR count). The third kappa shape index (κ3) is 14.9. The Morgan fingerprint density at radius 2 is 1.25 bits per heavy atom. The topological polar surface area (TPSA) is 233 Å². The molecule has 64 heavy (non-hydrogen) atoms. The molecular formula is C46H67N7O10S. The van der Waals surface area contributed by atoms with E-state index in [2.05, 4.69) is 26.6 Å². The molecule has 2 heterocycles. The van der Waals surface area contributed by atoms with Crippen LogP contribution in [0.3, 0.4) is 0 Å². The van der Waals surface area contributed by atoms with Crippen LogP contribution in [0.15, 0.2) is 60.7 Å². The second kappa shape index (κ2) is 22.1. The van der Waals surface area contributed by atoms with Crippen LogP contribution in [0.25, 0.3) is 0 Å². The number of hydrogen-bond acceptors (Lipinski definition) is 9. The van der Waals surface area contributed by atoms with E-state index in [1.165, 1.54) is 0 Å². The highest BCUT2D eigenvalue weighted by Crippen LogP contribution is 2.45. The number of carbonyl (C=O) groups excluding carboxylic acids is 5. The van der Waals surface area contributed by atoms with Crippen LogP contribution in [0.2, 0.25) is 0 Å². The molecule has 2 saturated heterocycles. The van der Waals surface area contributed by atoms with Gasteiger partial charge >= 0.3 is 12.2 Å². The number of unbranched alkanes of at least 4 members (excludes halogenated alkanes) is 1. The van der Waals surface area contributed by atoms with Crippen LogP contribution in [-0.4, -0.2) is 126 Å². The number of rotatable bonds is 21. The molecular weight excluding hydrogens is 843 g/mol. The van der Waals surface area contributed by atoms with E-state index in [-0.39, 0.29) is 54.7 Å². The first-order chi connectivity index (χ1) is 30.2. The first kappa shape index (κ1) is 49.8. The van der Waals surface area contributed by atoms with Gasteiger partial charge in [0.15, 0.2) is 0 Å². The molecule has 2 aliphatic heterocycles. The van der Waals surface area contributed by atoms with Crippen LogP contribution in [-0.2, 0) is 46.8 Å². The van der Waals surface area contributed by atoms with Crippen LogP contribution in [0.5, 0.6) is 0 Å². The van der Waals surface area contributed by atoms with Crippen LogP contribution < -0.4 is 26.6 Å². The monoisotopic (exact) mass is 909 g/mol. The van der Waals surface area contributed by atoms with Gasteiger partial charge in [0.25, 0.3) is 0 Å². The predicted molar refractivity (Wildman–Crippen MR) is 240 cm³/mol. The summed E-state index contributed by atoms with van der Waals surface area (Å²) in [4.78, 5) is 82.4. The van der Waals surface area contributed by atoms with Gasteiger partial charge in [-0.1, -0.05) is 74.5 Å². The van der Waals surface area contributed by atoms with Crippen molar-refractivity contribution in [1.82, 2.24) is 35.8 Å². The smallest absolute Gasteiger partial charge is 0.407 e. The number of ether oxygens (including phenoxy) is 1. The van der Waals surface area contributed by atoms with Crippen molar-refractivity contribution >= 4 is 45.8 Å². The maximum atomic E-state index is 14.3. The van der Waals surface area contributed by atoms with E-state index in [0.717, 1.165) is 0 Å². The number of likely N-dealkylation sites (tertiary alicyclic amines) is 1. The lowest BCUT2D eigenvalue weighted by Crippen LogP contribution is -2.63. The van der Waals surface area contributed by atoms with Gasteiger partial charge in [0, 0.05) is 51.0 Å². The number of hydrogen-bond donors (Lipinski definition) is 6. The van der Waals surface area contributed by atoms with Crippen molar-refractivity contribution < 1.29 is 47.0 Å². The number of piperidine rings is 1. The highest BCUT2D eigenvalue weighted by atomic mass is 32.2. The lowest BCUT2D eigenvalue weighted by molar-refractivity contribution is -0.140. The molecule has 0 bridgehead atoms. The predicted octanol–water partition coefficient (Wildman–Crippen LogP) is 3.72. The van der Waals surface area contributed by atoms with Gasteiger partial charge in [-0.25, -0.2) is 22.3 Å². The minimum absolute atomic E-state index is 0.0300. The quantitative estimate of drug-likeness (QED) is 0.0995. The molecule has 0 unspecified atom stereocenters. The van der Waals surface area contributed by atoms with Gasteiger partial charge in [-0.2, -0.15) is 0 Å². The first-order valence-corrected chi connectivity index (χ1v) is 24.0. The molecule has 4 atom stereocenters. The number of nitrogens with one attached hydrogen (secondary N) is 5. The summed E-state index contributed by atoms with van der Waals surface area (Å²) >= 11 is 0. The molecule has 17 nitrogen and oxygen atoms in total. The van der Waals surface area contributed by atoms with E-state index in [1.807, 2.05) is 19.9 Å². The molecule has 3 fully saturated rings. The van der Waals surface area contributed by atoms with Gasteiger partial charge < -0.3 is 41.3 Å². The second-order valence-electron chi connectivity index (χ2n) is 19.0. The van der Waals surface area contributed by atoms with Crippen LogP contribution in [0, 0.1) is 11.3 Å². The molecule has 1 spiro atoms. The van der Waals surface area contributed by atoms with Crippen molar-refractivity contribution in [3.05, 3.63) is 71.8 Å². The number of carbonyl (C=O) groups is 6. The van der Waals surface area contributed by atoms with Crippen LogP contribution in [0.4, 0.5) is 9.59 Å². The average molecular weight is 910 g/mol. The van der Waals surface area contributed by atoms with Crippen molar-refractivity contribution in [1.29, 1.82) is 0 Å². The lowest BCUT2D eigenvalue weighted by Gasteiger charge is -2.53. The van der Waals surface area contributed by atoms with Crippen LogP contribution >= 0.6 is 0 Å². The van der Waals surface area contributed by atoms with Gasteiger partial charge in [-0.05, 0) is 89.2 Å². The van der Waals surface area contributed by atoms with Crippen molar-refractivity contribution in [3.63, 3.8) is 0 Å². The third-order valence-electron chi connectivity index (χ3n) is 11.8. The molecule has 6 N–H and O–H groups in total. The molecule has 0 radical (unpaired) electrons. The van der Waals surface area contributed by atoms with E-state index in [1.54, 1.807) is 84.6 Å². The summed E-state index contributed by atoms with van der Waals surface area (Å²) in [5.41, 5.74) is 0.567. The van der Waals surface area contributed by atoms with Crippen molar-refractivity contribution in [3.8, 4) is 0 Å². The minimum Gasteiger partial charge on any atom is -0.465 e. The largest absolute Gasteiger partial charge is 0.465 e. The Hall–Kier alpha value is -5.23. The Kier molecular flexibility index (Phi) is 17.2. The zero-order chi connectivity index (χ0) is 46.7. The lowest BCUT2D eigenvalue weighted by atomic mass is 9.73. The second-order valence-corrected chi connectivity index (χ2v) is 21.2. The highest BCUT2D eigenvalue weighted by molar-refractivity contribution is 7.90. The summed E-state index contributed by atoms with van der Waals surface area (Å²) in [6, 6.07) is 13.3. The molecule has 6 amide bonds. The fourth-order valence-electron chi connectivity index (χ4n) is 8.22. The molecule has 18 heteroatoms. The van der Waals surface area contributed by atoms with E-state index >= 15 is 0 Å².